The molecule has 1 aromatic heterocycles. The van der Waals surface area contributed by atoms with Crippen molar-refractivity contribution < 1.29 is 0 Å². The molecule has 0 amide bonds. The smallest absolute Gasteiger partial charge is 0.129 e. The highest BCUT2D eigenvalue weighted by Gasteiger charge is 2.20. The zero-order valence-corrected chi connectivity index (χ0v) is 14.3. The van der Waals surface area contributed by atoms with E-state index in [2.05, 4.69) is 42.8 Å². The van der Waals surface area contributed by atoms with Gasteiger partial charge < -0.3 is 10.2 Å². The number of pyridine rings is 1. The molecule has 4 nitrogen and oxygen atoms in total. The van der Waals surface area contributed by atoms with Crippen LogP contribution in [0, 0.1) is 0 Å². The Labute approximate surface area is 133 Å². The second kappa shape index (κ2) is 7.43. The lowest BCUT2D eigenvalue weighted by molar-refractivity contribution is 0.209. The first-order chi connectivity index (χ1) is 9.97. The van der Waals surface area contributed by atoms with E-state index in [0.717, 1.165) is 49.3 Å². The Kier molecular flexibility index (Phi) is 5.85. The lowest BCUT2D eigenvalue weighted by atomic mass is 10.2. The molecule has 2 heterocycles. The molecule has 5 heteroatoms. The van der Waals surface area contributed by atoms with E-state index in [4.69, 9.17) is 16.6 Å². The fourth-order valence-electron chi connectivity index (χ4n) is 2.54. The normalized spacial score (nSPS) is 17.0. The molecule has 1 fully saturated rings. The zero-order valence-electron chi connectivity index (χ0n) is 13.6. The Hall–Kier alpha value is -0.840. The third-order valence-electron chi connectivity index (χ3n) is 3.95. The molecule has 0 radical (unpaired) electrons. The molecule has 1 aromatic rings. The van der Waals surface area contributed by atoms with Crippen molar-refractivity contribution in [2.75, 3.05) is 31.1 Å². The highest BCUT2D eigenvalue weighted by Crippen LogP contribution is 2.21. The molecular formula is C16H27ClN4. The lowest BCUT2D eigenvalue weighted by Crippen LogP contribution is -2.49. The number of halogens is 1. The maximum atomic E-state index is 6.25. The fourth-order valence-corrected chi connectivity index (χ4v) is 2.71. The van der Waals surface area contributed by atoms with Gasteiger partial charge in [0.1, 0.15) is 5.82 Å². The summed E-state index contributed by atoms with van der Waals surface area (Å²) < 4.78 is 0. The molecule has 0 spiro atoms. The highest BCUT2D eigenvalue weighted by molar-refractivity contribution is 6.31. The van der Waals surface area contributed by atoms with Gasteiger partial charge in [-0.2, -0.15) is 0 Å². The number of aromatic nitrogens is 1. The lowest BCUT2D eigenvalue weighted by Gasteiger charge is -2.37. The quantitative estimate of drug-likeness (QED) is 0.906. The Morgan fingerprint density at radius 2 is 1.81 bits per heavy atom. The SMILES string of the molecule is CC(C)NCc1nc(N2CCN(C(C)C)CC2)ccc1Cl. The third kappa shape index (κ3) is 4.56. The number of rotatable bonds is 5. The molecule has 21 heavy (non-hydrogen) atoms. The van der Waals surface area contributed by atoms with Crippen LogP contribution in [0.2, 0.25) is 5.02 Å². The molecule has 0 aliphatic carbocycles. The number of anilines is 1. The molecule has 2 rings (SSSR count). The van der Waals surface area contributed by atoms with Crippen molar-refractivity contribution in [3.63, 3.8) is 0 Å². The van der Waals surface area contributed by atoms with Crippen LogP contribution >= 0.6 is 11.6 Å². The number of hydrogen-bond donors (Lipinski definition) is 1. The molecule has 1 saturated heterocycles. The van der Waals surface area contributed by atoms with Gasteiger partial charge in [0, 0.05) is 44.8 Å². The third-order valence-corrected chi connectivity index (χ3v) is 4.29. The summed E-state index contributed by atoms with van der Waals surface area (Å²) in [7, 11) is 0. The molecule has 1 N–H and O–H groups in total. The van der Waals surface area contributed by atoms with Gasteiger partial charge in [-0.05, 0) is 26.0 Å². The fraction of sp³-hybridized carbons (Fsp3) is 0.688. The monoisotopic (exact) mass is 310 g/mol. The summed E-state index contributed by atoms with van der Waals surface area (Å²) in [6, 6.07) is 5.06. The summed E-state index contributed by atoms with van der Waals surface area (Å²) in [4.78, 5) is 9.61. The van der Waals surface area contributed by atoms with Crippen molar-refractivity contribution in [2.45, 2.75) is 46.3 Å². The number of nitrogens with zero attached hydrogens (tertiary/aromatic N) is 3. The van der Waals surface area contributed by atoms with Gasteiger partial charge >= 0.3 is 0 Å². The Morgan fingerprint density at radius 1 is 1.14 bits per heavy atom. The van der Waals surface area contributed by atoms with Gasteiger partial charge in [0.2, 0.25) is 0 Å². The van der Waals surface area contributed by atoms with Crippen molar-refractivity contribution >= 4 is 17.4 Å². The van der Waals surface area contributed by atoms with Gasteiger partial charge in [-0.3, -0.25) is 4.90 Å². The topological polar surface area (TPSA) is 31.4 Å². The van der Waals surface area contributed by atoms with Crippen LogP contribution in [0.1, 0.15) is 33.4 Å². The van der Waals surface area contributed by atoms with Crippen molar-refractivity contribution in [1.82, 2.24) is 15.2 Å². The summed E-state index contributed by atoms with van der Waals surface area (Å²) in [6.45, 7) is 13.7. The van der Waals surface area contributed by atoms with Gasteiger partial charge in [0.25, 0.3) is 0 Å². The van der Waals surface area contributed by atoms with E-state index in [0.29, 0.717) is 12.1 Å². The van der Waals surface area contributed by atoms with Crippen molar-refractivity contribution in [3.05, 3.63) is 22.8 Å². The molecule has 0 aromatic carbocycles. The Morgan fingerprint density at radius 3 is 2.38 bits per heavy atom. The average Bonchev–Trinajstić information content (AvgIpc) is 2.46. The molecular weight excluding hydrogens is 284 g/mol. The largest absolute Gasteiger partial charge is 0.354 e. The van der Waals surface area contributed by atoms with Gasteiger partial charge in [0.05, 0.1) is 10.7 Å². The van der Waals surface area contributed by atoms with E-state index in [1.807, 2.05) is 12.1 Å². The van der Waals surface area contributed by atoms with Crippen LogP contribution in [0.5, 0.6) is 0 Å². The van der Waals surface area contributed by atoms with Crippen LogP contribution in [0.3, 0.4) is 0 Å². The first-order valence-corrected chi connectivity index (χ1v) is 8.23. The molecule has 0 bridgehead atoms. The second-order valence-electron chi connectivity index (χ2n) is 6.25. The van der Waals surface area contributed by atoms with Gasteiger partial charge in [-0.15, -0.1) is 0 Å². The van der Waals surface area contributed by atoms with E-state index in [1.165, 1.54) is 0 Å². The maximum Gasteiger partial charge on any atom is 0.129 e. The minimum absolute atomic E-state index is 0.432. The van der Waals surface area contributed by atoms with E-state index in [9.17, 15) is 0 Å². The molecule has 0 unspecified atom stereocenters. The average molecular weight is 311 g/mol. The second-order valence-corrected chi connectivity index (χ2v) is 6.66. The number of nitrogens with one attached hydrogen (secondary N) is 1. The minimum Gasteiger partial charge on any atom is -0.354 e. The van der Waals surface area contributed by atoms with E-state index < -0.39 is 0 Å². The predicted molar refractivity (Wildman–Crippen MR) is 90.1 cm³/mol. The first-order valence-electron chi connectivity index (χ1n) is 7.85. The molecule has 118 valence electrons. The summed E-state index contributed by atoms with van der Waals surface area (Å²) in [5, 5.41) is 4.12. The van der Waals surface area contributed by atoms with Gasteiger partial charge in [-0.25, -0.2) is 4.98 Å². The van der Waals surface area contributed by atoms with Crippen LogP contribution < -0.4 is 10.2 Å². The van der Waals surface area contributed by atoms with E-state index in [1.54, 1.807) is 0 Å². The summed E-state index contributed by atoms with van der Waals surface area (Å²) in [5.74, 6) is 1.04. The first kappa shape index (κ1) is 16.5. The van der Waals surface area contributed by atoms with Crippen molar-refractivity contribution in [3.8, 4) is 0 Å². The van der Waals surface area contributed by atoms with Crippen LogP contribution in [-0.4, -0.2) is 48.1 Å². The van der Waals surface area contributed by atoms with Crippen LogP contribution in [0.4, 0.5) is 5.82 Å². The van der Waals surface area contributed by atoms with E-state index in [-0.39, 0.29) is 0 Å². The standard InChI is InChI=1S/C16H27ClN4/c1-12(2)18-11-15-14(17)5-6-16(19-15)21-9-7-20(8-10-21)13(3)4/h5-6,12-13,18H,7-11H2,1-4H3. The summed E-state index contributed by atoms with van der Waals surface area (Å²) in [5.41, 5.74) is 0.939. The summed E-state index contributed by atoms with van der Waals surface area (Å²) >= 11 is 6.25. The van der Waals surface area contributed by atoms with Crippen LogP contribution in [-0.2, 0) is 6.54 Å². The number of hydrogen-bond acceptors (Lipinski definition) is 4. The minimum atomic E-state index is 0.432. The molecule has 1 aliphatic rings. The van der Waals surface area contributed by atoms with E-state index >= 15 is 0 Å². The number of piperazine rings is 1. The highest BCUT2D eigenvalue weighted by atomic mass is 35.5. The van der Waals surface area contributed by atoms with Crippen LogP contribution in [0.25, 0.3) is 0 Å². The maximum absolute atomic E-state index is 6.25. The van der Waals surface area contributed by atoms with Gasteiger partial charge in [-0.1, -0.05) is 25.4 Å². The van der Waals surface area contributed by atoms with Crippen molar-refractivity contribution in [2.24, 2.45) is 0 Å². The van der Waals surface area contributed by atoms with Crippen LogP contribution in [0.15, 0.2) is 12.1 Å². The Bertz CT molecular complexity index is 454. The summed E-state index contributed by atoms with van der Waals surface area (Å²) in [6.07, 6.45) is 0. The van der Waals surface area contributed by atoms with Gasteiger partial charge in [0.15, 0.2) is 0 Å². The molecule has 0 atom stereocenters. The zero-order chi connectivity index (χ0) is 15.4. The Balaban J connectivity index is 2.02. The molecule has 0 saturated carbocycles. The predicted octanol–water partition coefficient (Wildman–Crippen LogP) is 2.76. The molecule has 1 aliphatic heterocycles. The van der Waals surface area contributed by atoms with Crippen molar-refractivity contribution in [1.29, 1.82) is 0 Å².